The van der Waals surface area contributed by atoms with E-state index >= 15 is 0 Å². The van der Waals surface area contributed by atoms with Crippen molar-refractivity contribution in [3.8, 4) is 11.5 Å². The van der Waals surface area contributed by atoms with Crippen molar-refractivity contribution in [1.29, 1.82) is 0 Å². The van der Waals surface area contributed by atoms with E-state index in [1.54, 1.807) is 7.11 Å². The number of rotatable bonds is 7. The summed E-state index contributed by atoms with van der Waals surface area (Å²) in [7, 11) is 1.66. The molecule has 1 heterocycles. The molecular weight excluding hydrogens is 340 g/mol. The molecular formula is C22H28N2O3. The van der Waals surface area contributed by atoms with E-state index in [-0.39, 0.29) is 12.0 Å². The van der Waals surface area contributed by atoms with Crippen LogP contribution in [0, 0.1) is 0 Å². The average Bonchev–Trinajstić information content (AvgIpc) is 2.86. The predicted molar refractivity (Wildman–Crippen MR) is 106 cm³/mol. The Morgan fingerprint density at radius 2 is 2.07 bits per heavy atom. The minimum Gasteiger partial charge on any atom is -0.497 e. The van der Waals surface area contributed by atoms with Crippen LogP contribution in [-0.4, -0.2) is 43.7 Å². The van der Waals surface area contributed by atoms with Crippen LogP contribution in [0.3, 0.4) is 0 Å². The predicted octanol–water partition coefficient (Wildman–Crippen LogP) is 3.03. The molecule has 0 bridgehead atoms. The van der Waals surface area contributed by atoms with Gasteiger partial charge in [-0.3, -0.25) is 9.69 Å². The number of hydrogen-bond donors (Lipinski definition) is 1. The third kappa shape index (κ3) is 5.47. The lowest BCUT2D eigenvalue weighted by Crippen LogP contribution is -2.40. The highest BCUT2D eigenvalue weighted by molar-refractivity contribution is 5.78. The zero-order valence-corrected chi connectivity index (χ0v) is 16.1. The number of carbonyl (C=O) groups is 1. The molecule has 2 aromatic carbocycles. The van der Waals surface area contributed by atoms with Gasteiger partial charge in [0.2, 0.25) is 5.91 Å². The van der Waals surface area contributed by atoms with Gasteiger partial charge in [-0.05, 0) is 36.6 Å². The first-order chi connectivity index (χ1) is 13.2. The van der Waals surface area contributed by atoms with Gasteiger partial charge in [0.05, 0.1) is 13.7 Å². The summed E-state index contributed by atoms with van der Waals surface area (Å²) in [5, 5.41) is 3.03. The van der Waals surface area contributed by atoms with E-state index in [1.165, 1.54) is 5.56 Å². The summed E-state index contributed by atoms with van der Waals surface area (Å²) in [5.41, 5.74) is 2.29. The van der Waals surface area contributed by atoms with Crippen molar-refractivity contribution in [3.63, 3.8) is 0 Å². The number of nitrogens with one attached hydrogen (secondary N) is 1. The van der Waals surface area contributed by atoms with Crippen LogP contribution in [0.25, 0.3) is 0 Å². The van der Waals surface area contributed by atoms with Gasteiger partial charge in [0.1, 0.15) is 17.6 Å². The number of nitrogens with zero attached hydrogens (tertiary/aromatic N) is 1. The maximum Gasteiger partial charge on any atom is 0.234 e. The summed E-state index contributed by atoms with van der Waals surface area (Å²) in [5.74, 6) is 1.74. The van der Waals surface area contributed by atoms with Crippen molar-refractivity contribution >= 4 is 5.91 Å². The second-order valence-electron chi connectivity index (χ2n) is 6.88. The molecule has 5 nitrogen and oxygen atoms in total. The summed E-state index contributed by atoms with van der Waals surface area (Å²) in [6, 6.07) is 16.1. The smallest absolute Gasteiger partial charge is 0.234 e. The van der Waals surface area contributed by atoms with Crippen LogP contribution in [0.5, 0.6) is 11.5 Å². The van der Waals surface area contributed by atoms with Gasteiger partial charge in [0.15, 0.2) is 0 Å². The fourth-order valence-electron chi connectivity index (χ4n) is 3.31. The van der Waals surface area contributed by atoms with Crippen LogP contribution in [-0.2, 0) is 17.8 Å². The molecule has 1 unspecified atom stereocenters. The molecule has 0 spiro atoms. The van der Waals surface area contributed by atoms with Crippen LogP contribution < -0.4 is 14.8 Å². The average molecular weight is 368 g/mol. The van der Waals surface area contributed by atoms with E-state index in [2.05, 4.69) is 29.3 Å². The highest BCUT2D eigenvalue weighted by Crippen LogP contribution is 2.29. The van der Waals surface area contributed by atoms with Gasteiger partial charge in [-0.1, -0.05) is 37.3 Å². The highest BCUT2D eigenvalue weighted by atomic mass is 16.5. The van der Waals surface area contributed by atoms with Crippen LogP contribution >= 0.6 is 0 Å². The van der Waals surface area contributed by atoms with Gasteiger partial charge in [-0.2, -0.15) is 0 Å². The zero-order chi connectivity index (χ0) is 19.1. The molecule has 1 N–H and O–H groups in total. The molecule has 0 aromatic heterocycles. The van der Waals surface area contributed by atoms with Crippen molar-refractivity contribution in [2.75, 3.05) is 26.7 Å². The zero-order valence-electron chi connectivity index (χ0n) is 16.1. The Morgan fingerprint density at radius 3 is 2.81 bits per heavy atom. The molecule has 1 aliphatic heterocycles. The Labute approximate surface area is 161 Å². The first-order valence-corrected chi connectivity index (χ1v) is 9.54. The minimum absolute atomic E-state index is 0.0483. The number of carbonyl (C=O) groups excluding carboxylic acids is 1. The Balaban J connectivity index is 1.58. The third-order valence-corrected chi connectivity index (χ3v) is 4.82. The topological polar surface area (TPSA) is 50.8 Å². The van der Waals surface area contributed by atoms with Gasteiger partial charge in [-0.25, -0.2) is 0 Å². The van der Waals surface area contributed by atoms with Crippen molar-refractivity contribution in [2.24, 2.45) is 0 Å². The number of methoxy groups -OCH3 is 1. The van der Waals surface area contributed by atoms with E-state index in [4.69, 9.17) is 9.47 Å². The fraction of sp³-hybridized carbons (Fsp3) is 0.409. The van der Waals surface area contributed by atoms with Gasteiger partial charge in [0, 0.05) is 25.2 Å². The molecule has 27 heavy (non-hydrogen) atoms. The van der Waals surface area contributed by atoms with E-state index < -0.39 is 0 Å². The number of fused-ring (bicyclic) bond motifs is 1. The van der Waals surface area contributed by atoms with Gasteiger partial charge < -0.3 is 14.8 Å². The standard InChI is InChI=1S/C22H28N2O3/c1-3-19-15-24(14-18-13-20(26-2)9-10-21(18)27-19)16-22(25)23-12-11-17-7-5-4-6-8-17/h4-10,13,19H,3,11-12,14-16H2,1-2H3,(H,23,25). The summed E-state index contributed by atoms with van der Waals surface area (Å²) in [6.07, 6.45) is 1.82. The lowest BCUT2D eigenvalue weighted by Gasteiger charge is -2.22. The second-order valence-corrected chi connectivity index (χ2v) is 6.88. The van der Waals surface area contributed by atoms with E-state index in [9.17, 15) is 4.79 Å². The lowest BCUT2D eigenvalue weighted by atomic mass is 10.1. The van der Waals surface area contributed by atoms with Gasteiger partial charge in [0.25, 0.3) is 0 Å². The van der Waals surface area contributed by atoms with Crippen molar-refractivity contribution in [1.82, 2.24) is 10.2 Å². The van der Waals surface area contributed by atoms with E-state index in [0.29, 0.717) is 19.6 Å². The van der Waals surface area contributed by atoms with Crippen LogP contribution in [0.4, 0.5) is 0 Å². The monoisotopic (exact) mass is 368 g/mol. The first-order valence-electron chi connectivity index (χ1n) is 9.54. The molecule has 2 aromatic rings. The number of ether oxygens (including phenoxy) is 2. The Morgan fingerprint density at radius 1 is 1.26 bits per heavy atom. The van der Waals surface area contributed by atoms with Crippen LogP contribution in [0.15, 0.2) is 48.5 Å². The molecule has 0 saturated heterocycles. The first kappa shape index (κ1) is 19.2. The summed E-state index contributed by atoms with van der Waals surface area (Å²) < 4.78 is 11.5. The summed E-state index contributed by atoms with van der Waals surface area (Å²) >= 11 is 0. The van der Waals surface area contributed by atoms with E-state index in [0.717, 1.165) is 36.4 Å². The molecule has 3 rings (SSSR count). The van der Waals surface area contributed by atoms with Gasteiger partial charge >= 0.3 is 0 Å². The lowest BCUT2D eigenvalue weighted by molar-refractivity contribution is -0.122. The number of amides is 1. The maximum atomic E-state index is 12.4. The molecule has 1 atom stereocenters. The summed E-state index contributed by atoms with van der Waals surface area (Å²) in [6.45, 7) is 4.53. The Hall–Kier alpha value is -2.53. The minimum atomic E-state index is 0.0483. The molecule has 0 saturated carbocycles. The second kappa shape index (κ2) is 9.42. The van der Waals surface area contributed by atoms with Crippen molar-refractivity contribution < 1.29 is 14.3 Å². The highest BCUT2D eigenvalue weighted by Gasteiger charge is 2.23. The maximum absolute atomic E-state index is 12.4. The molecule has 144 valence electrons. The van der Waals surface area contributed by atoms with Crippen LogP contribution in [0.1, 0.15) is 24.5 Å². The summed E-state index contributed by atoms with van der Waals surface area (Å²) in [4.78, 5) is 14.6. The molecule has 1 aliphatic rings. The fourth-order valence-corrected chi connectivity index (χ4v) is 3.31. The third-order valence-electron chi connectivity index (χ3n) is 4.82. The van der Waals surface area contributed by atoms with Crippen molar-refractivity contribution in [2.45, 2.75) is 32.4 Å². The molecule has 5 heteroatoms. The molecule has 0 fully saturated rings. The molecule has 0 radical (unpaired) electrons. The SMILES string of the molecule is CCC1CN(CC(=O)NCCc2ccccc2)Cc2cc(OC)ccc2O1. The quantitative estimate of drug-likeness (QED) is 0.816. The van der Waals surface area contributed by atoms with Crippen molar-refractivity contribution in [3.05, 3.63) is 59.7 Å². The normalized spacial score (nSPS) is 16.7. The van der Waals surface area contributed by atoms with E-state index in [1.807, 2.05) is 36.4 Å². The Bertz CT molecular complexity index is 748. The Kier molecular flexibility index (Phi) is 6.71. The largest absolute Gasteiger partial charge is 0.497 e. The van der Waals surface area contributed by atoms with Gasteiger partial charge in [-0.15, -0.1) is 0 Å². The molecule has 1 amide bonds. The number of hydrogen-bond acceptors (Lipinski definition) is 4. The molecule has 0 aliphatic carbocycles. The van der Waals surface area contributed by atoms with Crippen LogP contribution in [0.2, 0.25) is 0 Å². The number of benzene rings is 2.